The summed E-state index contributed by atoms with van der Waals surface area (Å²) >= 11 is 4.01. The van der Waals surface area contributed by atoms with Crippen molar-refractivity contribution in [3.8, 4) is 0 Å². The van der Waals surface area contributed by atoms with Crippen LogP contribution in [0.25, 0.3) is 0 Å². The van der Waals surface area contributed by atoms with E-state index >= 15 is 0 Å². The number of hydrogen-bond acceptors (Lipinski definition) is 16. The number of aliphatic hydroxyl groups is 2. The Bertz CT molecular complexity index is 1390. The van der Waals surface area contributed by atoms with Gasteiger partial charge in [0.05, 0.1) is 46.2 Å². The SMILES string of the molecule is C=C(COCCOCCNC)NCCCCC(C)C(=O)CS.C=C(N)CCCCCCCCCCCCCCCCCCC=O.C=C(N[C@@H](CCC(=O)NCCOCCOCC=O)C(=O)O)C1CCC(C)CC1.CC.CC.CC.CO.CO. The summed E-state index contributed by atoms with van der Waals surface area (Å²) in [5.74, 6) is 0.516. The van der Waals surface area contributed by atoms with E-state index in [1.165, 1.54) is 96.3 Å². The average Bonchev–Trinajstić information content (AvgIpc) is 3.51. The molecule has 0 heterocycles. The Kier molecular flexibility index (Phi) is 93.2. The molecule has 496 valence electrons. The Hall–Kier alpha value is -3.36. The topological polar surface area (TPSA) is 257 Å². The molecule has 0 saturated heterocycles. The molecule has 83 heavy (non-hydrogen) atoms. The highest BCUT2D eigenvalue weighted by molar-refractivity contribution is 7.81. The summed E-state index contributed by atoms with van der Waals surface area (Å²) in [6, 6.07) is -0.816. The molecule has 1 amide bonds. The molecule has 0 bridgehead atoms. The first-order chi connectivity index (χ1) is 40.3. The molecule has 0 aromatic rings. The van der Waals surface area contributed by atoms with Crippen LogP contribution in [0.3, 0.4) is 0 Å². The van der Waals surface area contributed by atoms with Gasteiger partial charge in [0.2, 0.25) is 5.91 Å². The third-order valence-corrected chi connectivity index (χ3v) is 13.1. The van der Waals surface area contributed by atoms with Crippen molar-refractivity contribution in [3.05, 3.63) is 36.8 Å². The highest BCUT2D eigenvalue weighted by Gasteiger charge is 2.25. The number of allylic oxidation sites excluding steroid dienone is 2. The minimum Gasteiger partial charge on any atom is -0.480 e. The zero-order valence-electron chi connectivity index (χ0n) is 55.2. The molecule has 1 saturated carbocycles. The van der Waals surface area contributed by atoms with E-state index in [1.807, 2.05) is 55.5 Å². The third kappa shape index (κ3) is 78.6. The smallest absolute Gasteiger partial charge is 0.326 e. The maximum Gasteiger partial charge on any atom is 0.326 e. The van der Waals surface area contributed by atoms with Crippen molar-refractivity contribution in [1.29, 1.82) is 0 Å². The fourth-order valence-corrected chi connectivity index (χ4v) is 8.35. The number of amides is 1. The number of carbonyl (C=O) groups excluding carboxylic acids is 4. The second-order valence-corrected chi connectivity index (χ2v) is 19.9. The molecule has 9 N–H and O–H groups in total. The van der Waals surface area contributed by atoms with Crippen LogP contribution in [-0.4, -0.2) is 151 Å². The molecule has 18 heteroatoms. The number of nitrogens with one attached hydrogen (secondary N) is 4. The van der Waals surface area contributed by atoms with Gasteiger partial charge in [-0.3, -0.25) is 9.59 Å². The van der Waals surface area contributed by atoms with Crippen molar-refractivity contribution in [2.24, 2.45) is 23.5 Å². The standard InChI is InChI=1S/C21H41NO.C20H34N2O6.C16H32N2O3S.3C2H6.2CH4O/c1-21(22)19-17-15-13-11-9-7-5-3-2-4-6-8-10-12-14-16-18-20-23;1-15-3-5-17(6-4-15)16(2)22-18(20(25)26)7-8-19(24)21-9-11-27-13-14-28-12-10-23;1-14(16(19)13-22)6-4-5-7-18-15(2)12-21-11-10-20-9-8-17-3;5*1-2/h20H,1-19,22H2;10,15,17-18,22H,2-9,11-14H2,1H3,(H,21,24)(H,25,26);14,17-18,22H,2,4-13H2,1,3H3;3*1-2H3;2*2H,1H3/t;15?,17?,18-;;;;;;/m.0....../s1. The van der Waals surface area contributed by atoms with Crippen LogP contribution in [0.15, 0.2) is 36.8 Å². The lowest BCUT2D eigenvalue weighted by molar-refractivity contribution is -0.139. The Labute approximate surface area is 514 Å². The number of Topliss-reactive ketones (excluding diaryl/α,β-unsaturated/α-hetero) is 1. The molecule has 2 atom stereocenters. The highest BCUT2D eigenvalue weighted by Crippen LogP contribution is 2.31. The molecular weight excluding hydrogens is 1070 g/mol. The van der Waals surface area contributed by atoms with Gasteiger partial charge in [-0.1, -0.05) is 184 Å². The quantitative estimate of drug-likeness (QED) is 0.0156. The number of ether oxygens (including phenoxy) is 4. The van der Waals surface area contributed by atoms with E-state index < -0.39 is 12.0 Å². The molecule has 0 spiro atoms. The van der Waals surface area contributed by atoms with Gasteiger partial charge in [0, 0.05) is 75.5 Å². The summed E-state index contributed by atoms with van der Waals surface area (Å²) in [7, 11) is 3.90. The molecule has 1 aliphatic carbocycles. The van der Waals surface area contributed by atoms with Gasteiger partial charge >= 0.3 is 5.97 Å². The van der Waals surface area contributed by atoms with Crippen LogP contribution in [0.5, 0.6) is 0 Å². The first-order valence-corrected chi connectivity index (χ1v) is 32.6. The van der Waals surface area contributed by atoms with Gasteiger partial charge in [-0.05, 0) is 70.3 Å². The maximum atomic E-state index is 11.9. The summed E-state index contributed by atoms with van der Waals surface area (Å²) in [6.45, 7) is 33.4. The normalized spacial score (nSPS) is 13.4. The molecular formula is C65H133N5O12S. The first kappa shape index (κ1) is 93.3. The van der Waals surface area contributed by atoms with E-state index in [-0.39, 0.29) is 37.1 Å². The third-order valence-electron chi connectivity index (χ3n) is 12.8. The maximum absolute atomic E-state index is 11.9. The molecule has 1 aliphatic rings. The van der Waals surface area contributed by atoms with Crippen LogP contribution < -0.4 is 27.0 Å². The zero-order chi connectivity index (χ0) is 64.4. The van der Waals surface area contributed by atoms with E-state index in [1.54, 1.807) is 0 Å². The van der Waals surface area contributed by atoms with Crippen molar-refractivity contribution in [2.45, 2.75) is 235 Å². The lowest BCUT2D eigenvalue weighted by Crippen LogP contribution is -2.39. The van der Waals surface area contributed by atoms with E-state index in [4.69, 9.17) is 34.9 Å². The van der Waals surface area contributed by atoms with Crippen LogP contribution in [0.1, 0.15) is 229 Å². The second-order valence-electron chi connectivity index (χ2n) is 19.6. The Morgan fingerprint density at radius 1 is 0.602 bits per heavy atom. The van der Waals surface area contributed by atoms with Crippen LogP contribution in [0.2, 0.25) is 0 Å². The van der Waals surface area contributed by atoms with Crippen molar-refractivity contribution in [3.63, 3.8) is 0 Å². The number of unbranched alkanes of at least 4 members (excludes halogenated alkanes) is 17. The number of carboxylic acid groups (broad SMARTS) is 1. The van der Waals surface area contributed by atoms with Gasteiger partial charge in [-0.2, -0.15) is 12.6 Å². The number of carboxylic acids is 1. The Morgan fingerprint density at radius 3 is 1.53 bits per heavy atom. The van der Waals surface area contributed by atoms with Gasteiger partial charge in [0.15, 0.2) is 0 Å². The molecule has 0 aromatic heterocycles. The second kappa shape index (κ2) is 82.9. The summed E-state index contributed by atoms with van der Waals surface area (Å²) in [5, 5.41) is 35.4. The molecule has 1 fully saturated rings. The summed E-state index contributed by atoms with van der Waals surface area (Å²) < 4.78 is 21.0. The van der Waals surface area contributed by atoms with Crippen LogP contribution in [-0.2, 0) is 42.9 Å². The van der Waals surface area contributed by atoms with Crippen molar-refractivity contribution in [1.82, 2.24) is 21.3 Å². The molecule has 1 unspecified atom stereocenters. The van der Waals surface area contributed by atoms with E-state index in [9.17, 15) is 29.1 Å². The number of carbonyl (C=O) groups is 5. The number of aliphatic hydroxyl groups excluding tert-OH is 2. The lowest BCUT2D eigenvalue weighted by atomic mass is 9.81. The van der Waals surface area contributed by atoms with Gasteiger partial charge in [0.1, 0.15) is 31.0 Å². The largest absolute Gasteiger partial charge is 0.480 e. The van der Waals surface area contributed by atoms with Crippen molar-refractivity contribution >= 4 is 42.9 Å². The van der Waals surface area contributed by atoms with Crippen molar-refractivity contribution < 1.29 is 58.2 Å². The summed E-state index contributed by atoms with van der Waals surface area (Å²) in [4.78, 5) is 55.0. The number of aldehydes is 2. The zero-order valence-corrected chi connectivity index (χ0v) is 56.1. The lowest BCUT2D eigenvalue weighted by Gasteiger charge is -2.29. The molecule has 0 radical (unpaired) electrons. The van der Waals surface area contributed by atoms with Gasteiger partial charge in [-0.15, -0.1) is 0 Å². The van der Waals surface area contributed by atoms with Gasteiger partial charge < -0.3 is 70.9 Å². The minimum atomic E-state index is -0.975. The Balaban J connectivity index is -0.000000195. The number of nitrogens with two attached hydrogens (primary N) is 1. The number of rotatable bonds is 50. The predicted octanol–water partition coefficient (Wildman–Crippen LogP) is 12.1. The van der Waals surface area contributed by atoms with Crippen LogP contribution in [0, 0.1) is 17.8 Å². The Morgan fingerprint density at radius 2 is 1.07 bits per heavy atom. The first-order valence-electron chi connectivity index (χ1n) is 32.0. The molecule has 0 aliphatic heterocycles. The van der Waals surface area contributed by atoms with Gasteiger partial charge in [0.25, 0.3) is 0 Å². The fraction of sp³-hybridized carbons (Fsp3) is 0.831. The molecule has 1 rings (SSSR count). The number of aliphatic carboxylic acids is 1. The molecule has 17 nitrogen and oxygen atoms in total. The highest BCUT2D eigenvalue weighted by atomic mass is 32.1. The summed E-state index contributed by atoms with van der Waals surface area (Å²) in [5.41, 5.74) is 8.05. The number of ketones is 1. The summed E-state index contributed by atoms with van der Waals surface area (Å²) in [6.07, 6.45) is 32.6. The minimum absolute atomic E-state index is 0.0468. The van der Waals surface area contributed by atoms with Crippen molar-refractivity contribution in [2.75, 3.05) is 99.5 Å². The van der Waals surface area contributed by atoms with Gasteiger partial charge in [-0.25, -0.2) is 4.79 Å². The number of likely N-dealkylation sites (N-methyl/N-ethyl adjacent to an activating group) is 1. The monoisotopic (exact) mass is 1210 g/mol. The average molecular weight is 1210 g/mol. The predicted molar refractivity (Wildman–Crippen MR) is 352 cm³/mol. The van der Waals surface area contributed by atoms with Crippen LogP contribution in [0.4, 0.5) is 0 Å². The van der Waals surface area contributed by atoms with E-state index in [0.717, 1.165) is 121 Å². The van der Waals surface area contributed by atoms with E-state index in [0.29, 0.717) is 70.7 Å². The van der Waals surface area contributed by atoms with Crippen LogP contribution >= 0.6 is 12.6 Å². The number of hydrogen-bond donors (Lipinski definition) is 9. The molecule has 0 aromatic carbocycles. The number of thiol groups is 1. The van der Waals surface area contributed by atoms with E-state index in [2.05, 4.69) is 60.6 Å². The fourth-order valence-electron chi connectivity index (χ4n) is 8.04.